The largest absolute Gasteiger partial charge is 0.399 e. The SMILES string of the molecule is Nc1ccc2ncnc(Nc3cc(F)c(Br)cc3F)c2c1. The molecule has 2 aromatic carbocycles. The van der Waals surface area contributed by atoms with E-state index in [1.54, 1.807) is 18.2 Å². The molecule has 1 aromatic heterocycles. The standard InChI is InChI=1S/C14H9BrF2N4/c15-9-4-11(17)13(5-10(9)16)21-14-8-3-7(18)1-2-12(8)19-6-20-14/h1-6H,18H2,(H,19,20,21). The zero-order valence-corrected chi connectivity index (χ0v) is 12.2. The first-order chi connectivity index (χ1) is 10.0. The summed E-state index contributed by atoms with van der Waals surface area (Å²) in [6.07, 6.45) is 1.34. The molecule has 0 fully saturated rings. The van der Waals surface area contributed by atoms with Crippen LogP contribution in [0.5, 0.6) is 0 Å². The fourth-order valence-corrected chi connectivity index (χ4v) is 2.24. The molecule has 1 heterocycles. The molecule has 3 aromatic rings. The van der Waals surface area contributed by atoms with E-state index in [0.717, 1.165) is 12.1 Å². The van der Waals surface area contributed by atoms with Gasteiger partial charge in [0, 0.05) is 17.1 Å². The first kappa shape index (κ1) is 13.7. The summed E-state index contributed by atoms with van der Waals surface area (Å²) in [6.45, 7) is 0. The number of nitrogens with two attached hydrogens (primary N) is 1. The summed E-state index contributed by atoms with van der Waals surface area (Å²) >= 11 is 2.93. The van der Waals surface area contributed by atoms with Crippen molar-refractivity contribution in [2.75, 3.05) is 11.1 Å². The number of nitrogens with zero attached hydrogens (tertiary/aromatic N) is 2. The normalized spacial score (nSPS) is 10.8. The van der Waals surface area contributed by atoms with Crippen LogP contribution in [0.2, 0.25) is 0 Å². The van der Waals surface area contributed by atoms with E-state index in [0.29, 0.717) is 22.4 Å². The molecule has 7 heteroatoms. The fourth-order valence-electron chi connectivity index (χ4n) is 1.92. The molecule has 0 aliphatic heterocycles. The van der Waals surface area contributed by atoms with Gasteiger partial charge in [0.15, 0.2) is 0 Å². The van der Waals surface area contributed by atoms with Crippen molar-refractivity contribution in [2.24, 2.45) is 0 Å². The second kappa shape index (κ2) is 5.25. The maximum atomic E-state index is 13.9. The summed E-state index contributed by atoms with van der Waals surface area (Å²) in [5.41, 5.74) is 6.90. The number of hydrogen-bond acceptors (Lipinski definition) is 4. The maximum Gasteiger partial charge on any atom is 0.148 e. The van der Waals surface area contributed by atoms with E-state index >= 15 is 0 Å². The highest BCUT2D eigenvalue weighted by Gasteiger charge is 2.11. The lowest BCUT2D eigenvalue weighted by Gasteiger charge is -2.10. The molecule has 0 aliphatic rings. The van der Waals surface area contributed by atoms with Crippen molar-refractivity contribution in [3.63, 3.8) is 0 Å². The molecule has 0 unspecified atom stereocenters. The lowest BCUT2D eigenvalue weighted by atomic mass is 10.2. The number of halogens is 3. The number of anilines is 3. The Bertz CT molecular complexity index is 839. The molecule has 0 amide bonds. The molecule has 0 bridgehead atoms. The highest BCUT2D eigenvalue weighted by molar-refractivity contribution is 9.10. The molecular formula is C14H9BrF2N4. The first-order valence-corrected chi connectivity index (χ1v) is 6.75. The van der Waals surface area contributed by atoms with Crippen molar-refractivity contribution in [1.82, 2.24) is 9.97 Å². The Morgan fingerprint density at radius 3 is 2.67 bits per heavy atom. The number of aromatic nitrogens is 2. The highest BCUT2D eigenvalue weighted by Crippen LogP contribution is 2.28. The van der Waals surface area contributed by atoms with Crippen LogP contribution < -0.4 is 11.1 Å². The monoisotopic (exact) mass is 350 g/mol. The molecule has 3 rings (SSSR count). The average Bonchev–Trinajstić information content (AvgIpc) is 2.45. The van der Waals surface area contributed by atoms with Crippen molar-refractivity contribution in [3.05, 3.63) is 52.8 Å². The number of benzene rings is 2. The molecule has 0 aliphatic carbocycles. The average molecular weight is 351 g/mol. The van der Waals surface area contributed by atoms with Crippen molar-refractivity contribution < 1.29 is 8.78 Å². The Morgan fingerprint density at radius 1 is 1.05 bits per heavy atom. The molecule has 106 valence electrons. The molecule has 3 N–H and O–H groups in total. The number of nitrogen functional groups attached to an aromatic ring is 1. The van der Waals surface area contributed by atoms with Crippen LogP contribution in [0.25, 0.3) is 10.9 Å². The second-order valence-electron chi connectivity index (χ2n) is 4.37. The third-order valence-electron chi connectivity index (χ3n) is 2.92. The minimum absolute atomic E-state index is 0.0156. The van der Waals surface area contributed by atoms with Crippen LogP contribution in [-0.2, 0) is 0 Å². The van der Waals surface area contributed by atoms with E-state index in [9.17, 15) is 8.78 Å². The predicted molar refractivity (Wildman–Crippen MR) is 81.3 cm³/mol. The summed E-state index contributed by atoms with van der Waals surface area (Å²) < 4.78 is 27.5. The summed E-state index contributed by atoms with van der Waals surface area (Å²) in [7, 11) is 0. The summed E-state index contributed by atoms with van der Waals surface area (Å²) in [4.78, 5) is 8.15. The van der Waals surface area contributed by atoms with Crippen LogP contribution >= 0.6 is 15.9 Å². The van der Waals surface area contributed by atoms with E-state index in [4.69, 9.17) is 5.73 Å². The zero-order valence-electron chi connectivity index (χ0n) is 10.6. The predicted octanol–water partition coefficient (Wildman–Crippen LogP) is 4.00. The topological polar surface area (TPSA) is 63.8 Å². The van der Waals surface area contributed by atoms with Gasteiger partial charge in [-0.2, -0.15) is 0 Å². The molecule has 4 nitrogen and oxygen atoms in total. The van der Waals surface area contributed by atoms with Crippen molar-refractivity contribution in [1.29, 1.82) is 0 Å². The van der Waals surface area contributed by atoms with E-state index in [1.165, 1.54) is 6.33 Å². The minimum Gasteiger partial charge on any atom is -0.399 e. The van der Waals surface area contributed by atoms with Crippen LogP contribution in [0.1, 0.15) is 0 Å². The summed E-state index contributed by atoms with van der Waals surface area (Å²) in [5, 5.41) is 3.39. The van der Waals surface area contributed by atoms with Crippen LogP contribution in [0.4, 0.5) is 26.0 Å². The number of rotatable bonds is 2. The Morgan fingerprint density at radius 2 is 1.86 bits per heavy atom. The van der Waals surface area contributed by atoms with Crippen molar-refractivity contribution in [3.8, 4) is 0 Å². The van der Waals surface area contributed by atoms with Gasteiger partial charge >= 0.3 is 0 Å². The van der Waals surface area contributed by atoms with Crippen molar-refractivity contribution >= 4 is 44.0 Å². The molecule has 0 saturated heterocycles. The van der Waals surface area contributed by atoms with Gasteiger partial charge in [-0.1, -0.05) is 0 Å². The first-order valence-electron chi connectivity index (χ1n) is 5.96. The van der Waals surface area contributed by atoms with Gasteiger partial charge in [0.05, 0.1) is 15.7 Å². The number of fused-ring (bicyclic) bond motifs is 1. The quantitative estimate of drug-likeness (QED) is 0.541. The Labute approximate surface area is 127 Å². The number of hydrogen-bond donors (Lipinski definition) is 2. The summed E-state index contributed by atoms with van der Waals surface area (Å²) in [6, 6.07) is 7.22. The van der Waals surface area contributed by atoms with Gasteiger partial charge in [-0.05, 0) is 40.2 Å². The van der Waals surface area contributed by atoms with Crippen LogP contribution in [0.15, 0.2) is 41.1 Å². The highest BCUT2D eigenvalue weighted by atomic mass is 79.9. The Balaban J connectivity index is 2.10. The molecule has 0 radical (unpaired) electrons. The van der Waals surface area contributed by atoms with E-state index in [-0.39, 0.29) is 10.2 Å². The molecule has 21 heavy (non-hydrogen) atoms. The fraction of sp³-hybridized carbons (Fsp3) is 0. The van der Waals surface area contributed by atoms with Gasteiger partial charge in [0.25, 0.3) is 0 Å². The maximum absolute atomic E-state index is 13.9. The Hall–Kier alpha value is -2.28. The van der Waals surface area contributed by atoms with E-state index < -0.39 is 11.6 Å². The third-order valence-corrected chi connectivity index (χ3v) is 3.53. The van der Waals surface area contributed by atoms with E-state index in [2.05, 4.69) is 31.2 Å². The molecule has 0 spiro atoms. The minimum atomic E-state index is -0.598. The van der Waals surface area contributed by atoms with E-state index in [1.807, 2.05) is 0 Å². The van der Waals surface area contributed by atoms with Gasteiger partial charge in [0.1, 0.15) is 23.8 Å². The summed E-state index contributed by atoms with van der Waals surface area (Å²) in [5.74, 6) is -0.816. The zero-order chi connectivity index (χ0) is 15.0. The van der Waals surface area contributed by atoms with Gasteiger partial charge in [-0.15, -0.1) is 0 Å². The third kappa shape index (κ3) is 2.64. The van der Waals surface area contributed by atoms with Crippen molar-refractivity contribution in [2.45, 2.75) is 0 Å². The molecular weight excluding hydrogens is 342 g/mol. The second-order valence-corrected chi connectivity index (χ2v) is 5.22. The van der Waals surface area contributed by atoms with Crippen LogP contribution in [0.3, 0.4) is 0 Å². The van der Waals surface area contributed by atoms with Gasteiger partial charge in [-0.3, -0.25) is 0 Å². The number of nitrogens with one attached hydrogen (secondary N) is 1. The lowest BCUT2D eigenvalue weighted by molar-refractivity contribution is 0.598. The smallest absolute Gasteiger partial charge is 0.148 e. The van der Waals surface area contributed by atoms with Gasteiger partial charge in [-0.25, -0.2) is 18.7 Å². The van der Waals surface area contributed by atoms with Gasteiger partial charge < -0.3 is 11.1 Å². The Kier molecular flexibility index (Phi) is 3.42. The molecule has 0 saturated carbocycles. The van der Waals surface area contributed by atoms with Gasteiger partial charge in [0.2, 0.25) is 0 Å². The molecule has 0 atom stereocenters. The van der Waals surface area contributed by atoms with Crippen LogP contribution in [0, 0.1) is 11.6 Å². The lowest BCUT2D eigenvalue weighted by Crippen LogP contribution is -2.00. The van der Waals surface area contributed by atoms with Crippen LogP contribution in [-0.4, -0.2) is 9.97 Å².